The third-order valence-corrected chi connectivity index (χ3v) is 18.6. The van der Waals surface area contributed by atoms with Gasteiger partial charge in [-0.3, -0.25) is 0 Å². The molecule has 12 aromatic carbocycles. The van der Waals surface area contributed by atoms with Crippen LogP contribution in [0.15, 0.2) is 231 Å². The molecule has 0 aromatic heterocycles. The number of fused-ring (bicyclic) bond motifs is 2. The van der Waals surface area contributed by atoms with Gasteiger partial charge in [0.05, 0.1) is 16.1 Å². The van der Waals surface area contributed by atoms with Crippen molar-refractivity contribution in [3.05, 3.63) is 231 Å². The summed E-state index contributed by atoms with van der Waals surface area (Å²) in [6, 6.07) is 86.4. The van der Waals surface area contributed by atoms with Crippen LogP contribution >= 0.6 is 0 Å². The van der Waals surface area contributed by atoms with Gasteiger partial charge in [0, 0.05) is 34.1 Å². The zero-order chi connectivity index (χ0) is 47.7. The number of rotatable bonds is 10. The summed E-state index contributed by atoms with van der Waals surface area (Å²) in [7, 11) is -2.92. The van der Waals surface area contributed by atoms with Crippen LogP contribution in [0.25, 0.3) is 76.1 Å². The molecule has 12 rings (SSSR count). The van der Waals surface area contributed by atoms with Gasteiger partial charge in [0.15, 0.2) is 0 Å². The fraction of sp³-hybridized carbons (Fsp3) is 0.0909. The summed E-state index contributed by atoms with van der Waals surface area (Å²) in [5.74, 6) is 0. The van der Waals surface area contributed by atoms with Crippen LogP contribution < -0.4 is 20.2 Å². The van der Waals surface area contributed by atoms with Gasteiger partial charge in [0.1, 0.15) is 0 Å². The summed E-state index contributed by atoms with van der Waals surface area (Å²) in [5.41, 5.74) is 11.8. The lowest BCUT2D eigenvalue weighted by Gasteiger charge is -2.27. The van der Waals surface area contributed by atoms with Crippen LogP contribution in [0, 0.1) is 0 Å². The van der Waals surface area contributed by atoms with Gasteiger partial charge in [-0.1, -0.05) is 207 Å². The lowest BCUT2D eigenvalue weighted by molar-refractivity contribution is 1.29. The highest BCUT2D eigenvalue weighted by Gasteiger charge is 2.22. The first kappa shape index (κ1) is 43.5. The first-order valence-corrected chi connectivity index (χ1v) is 31.7. The van der Waals surface area contributed by atoms with Crippen molar-refractivity contribution in [2.75, 3.05) is 9.80 Å². The minimum atomic E-state index is -1.46. The second-order valence-corrected chi connectivity index (χ2v) is 31.2. The standard InChI is InChI=1S/C66H56N2Si2/c1-69(2,3)59-35-31-55(32-36-59)67(57-29-15-45-11-7-9-13-51(45)43-57)53-25-17-47(18-26-53)61-39-21-49-24-42-64-62(40-22-50-23-41-63(61)65(49)66(50)64)48-19-27-54(28-20-48)68(56-33-37-60(38-34-56)70(4,5)6)58-30-16-46-12-8-10-14-52(46)44-58/h7-44H,1-6H3. The molecular weight excluding hydrogens is 877 g/mol. The smallest absolute Gasteiger partial charge is 0.0775 e. The molecule has 12 aromatic rings. The average molecular weight is 933 g/mol. The van der Waals surface area contributed by atoms with Crippen molar-refractivity contribution < 1.29 is 0 Å². The molecule has 0 radical (unpaired) electrons. The van der Waals surface area contributed by atoms with E-state index in [4.69, 9.17) is 0 Å². The summed E-state index contributed by atoms with van der Waals surface area (Å²) >= 11 is 0. The molecule has 0 heterocycles. The normalized spacial score (nSPS) is 12.1. The van der Waals surface area contributed by atoms with Gasteiger partial charge >= 0.3 is 0 Å². The number of anilines is 6. The van der Waals surface area contributed by atoms with Crippen molar-refractivity contribution in [3.63, 3.8) is 0 Å². The Balaban J connectivity index is 0.917. The van der Waals surface area contributed by atoms with E-state index in [1.807, 2.05) is 0 Å². The van der Waals surface area contributed by atoms with Crippen LogP contribution in [0.5, 0.6) is 0 Å². The Morgan fingerprint density at radius 3 is 0.914 bits per heavy atom. The van der Waals surface area contributed by atoms with Gasteiger partial charge in [0.2, 0.25) is 0 Å². The van der Waals surface area contributed by atoms with Crippen molar-refractivity contribution in [2.45, 2.75) is 39.3 Å². The van der Waals surface area contributed by atoms with Gasteiger partial charge < -0.3 is 9.80 Å². The average Bonchev–Trinajstić information content (AvgIpc) is 3.38. The van der Waals surface area contributed by atoms with Crippen molar-refractivity contribution in [1.82, 2.24) is 0 Å². The molecule has 70 heavy (non-hydrogen) atoms. The van der Waals surface area contributed by atoms with E-state index in [0.717, 1.165) is 34.1 Å². The molecule has 0 bridgehead atoms. The minimum absolute atomic E-state index is 1.13. The van der Waals surface area contributed by atoms with Crippen LogP contribution in [-0.4, -0.2) is 16.1 Å². The Bertz CT molecular complexity index is 3620. The van der Waals surface area contributed by atoms with Gasteiger partial charge in [-0.15, -0.1) is 0 Å². The fourth-order valence-corrected chi connectivity index (χ4v) is 13.0. The van der Waals surface area contributed by atoms with E-state index >= 15 is 0 Å². The summed E-state index contributed by atoms with van der Waals surface area (Å²) in [4.78, 5) is 4.80. The van der Waals surface area contributed by atoms with E-state index < -0.39 is 16.1 Å². The molecule has 0 saturated heterocycles. The summed E-state index contributed by atoms with van der Waals surface area (Å²) in [6.45, 7) is 14.5. The predicted molar refractivity (Wildman–Crippen MR) is 311 cm³/mol. The molecule has 0 spiro atoms. The number of benzene rings is 12. The maximum absolute atomic E-state index is 2.41. The summed E-state index contributed by atoms with van der Waals surface area (Å²) in [6.07, 6.45) is 0. The molecule has 0 aliphatic carbocycles. The first-order chi connectivity index (χ1) is 33.9. The topological polar surface area (TPSA) is 6.48 Å². The zero-order valence-corrected chi connectivity index (χ0v) is 42.8. The summed E-state index contributed by atoms with van der Waals surface area (Å²) < 4.78 is 0. The quantitative estimate of drug-likeness (QED) is 0.0996. The third kappa shape index (κ3) is 7.84. The van der Waals surface area contributed by atoms with E-state index in [2.05, 4.69) is 280 Å². The maximum Gasteiger partial charge on any atom is 0.0775 e. The second-order valence-electron chi connectivity index (χ2n) is 21.1. The first-order valence-electron chi connectivity index (χ1n) is 24.7. The van der Waals surface area contributed by atoms with Gasteiger partial charge in [-0.2, -0.15) is 0 Å². The third-order valence-electron chi connectivity index (χ3n) is 14.5. The predicted octanol–water partition coefficient (Wildman–Crippen LogP) is 18.3. The number of nitrogens with zero attached hydrogens (tertiary/aromatic N) is 2. The second kappa shape index (κ2) is 17.0. The lowest BCUT2D eigenvalue weighted by Crippen LogP contribution is -2.37. The van der Waals surface area contributed by atoms with E-state index in [1.54, 1.807) is 0 Å². The fourth-order valence-electron chi connectivity index (χ4n) is 10.6. The van der Waals surface area contributed by atoms with Gasteiger partial charge in [-0.05, 0) is 149 Å². The molecule has 2 nitrogen and oxygen atoms in total. The molecule has 0 amide bonds. The van der Waals surface area contributed by atoms with E-state index in [0.29, 0.717) is 0 Å². The Hall–Kier alpha value is -7.77. The summed E-state index contributed by atoms with van der Waals surface area (Å²) in [5, 5.41) is 15.6. The van der Waals surface area contributed by atoms with Gasteiger partial charge in [0.25, 0.3) is 0 Å². The van der Waals surface area contributed by atoms with Crippen molar-refractivity contribution in [2.24, 2.45) is 0 Å². The molecule has 0 N–H and O–H groups in total. The molecule has 0 unspecified atom stereocenters. The molecule has 4 heteroatoms. The van der Waals surface area contributed by atoms with Crippen LogP contribution in [0.4, 0.5) is 34.1 Å². The lowest BCUT2D eigenvalue weighted by atomic mass is 9.87. The van der Waals surface area contributed by atoms with E-state index in [-0.39, 0.29) is 0 Å². The highest BCUT2D eigenvalue weighted by Crippen LogP contribution is 2.44. The van der Waals surface area contributed by atoms with Crippen molar-refractivity contribution in [3.8, 4) is 22.3 Å². The highest BCUT2D eigenvalue weighted by atomic mass is 28.3. The van der Waals surface area contributed by atoms with Crippen LogP contribution in [0.1, 0.15) is 0 Å². The number of hydrogen-bond donors (Lipinski definition) is 0. The van der Waals surface area contributed by atoms with Crippen molar-refractivity contribution in [1.29, 1.82) is 0 Å². The van der Waals surface area contributed by atoms with Crippen LogP contribution in [0.2, 0.25) is 39.3 Å². The Morgan fingerprint density at radius 2 is 0.557 bits per heavy atom. The van der Waals surface area contributed by atoms with Crippen LogP contribution in [-0.2, 0) is 0 Å². The Kier molecular flexibility index (Phi) is 10.6. The van der Waals surface area contributed by atoms with Crippen molar-refractivity contribution >= 4 is 115 Å². The molecule has 0 atom stereocenters. The Morgan fingerprint density at radius 1 is 0.257 bits per heavy atom. The largest absolute Gasteiger partial charge is 0.310 e. The minimum Gasteiger partial charge on any atom is -0.310 e. The van der Waals surface area contributed by atoms with Crippen LogP contribution in [0.3, 0.4) is 0 Å². The molecule has 0 aliphatic rings. The molecule has 0 fully saturated rings. The monoisotopic (exact) mass is 932 g/mol. The molecular formula is C66H56N2Si2. The SMILES string of the molecule is C[Si](C)(C)c1ccc(N(c2ccc(-c3ccc4ccc5c(-c6ccc(N(c7ccc([Si](C)(C)C)cc7)c7ccc8ccccc8c7)cc6)ccc6ccc3c4c65)cc2)c2ccc3ccccc3c2)cc1. The molecule has 0 aliphatic heterocycles. The van der Waals surface area contributed by atoms with E-state index in [9.17, 15) is 0 Å². The van der Waals surface area contributed by atoms with E-state index in [1.165, 1.54) is 86.5 Å². The molecule has 0 saturated carbocycles. The zero-order valence-electron chi connectivity index (χ0n) is 40.8. The highest BCUT2D eigenvalue weighted by molar-refractivity contribution is 6.89. The number of hydrogen-bond acceptors (Lipinski definition) is 2. The molecule has 338 valence electrons. The maximum atomic E-state index is 2.41. The Labute approximate surface area is 414 Å². The van der Waals surface area contributed by atoms with Gasteiger partial charge in [-0.25, -0.2) is 0 Å².